The molecule has 0 saturated heterocycles. The third kappa shape index (κ3) is 2.07. The van der Waals surface area contributed by atoms with Crippen molar-refractivity contribution in [3.05, 3.63) is 42.1 Å². The molecule has 0 radical (unpaired) electrons. The first-order valence-electron chi connectivity index (χ1n) is 5.75. The molecular formula is C14H17NO. The van der Waals surface area contributed by atoms with Crippen molar-refractivity contribution in [1.82, 2.24) is 4.98 Å². The van der Waals surface area contributed by atoms with Crippen LogP contribution in [0.15, 0.2) is 36.5 Å². The molecule has 2 aromatic rings. The summed E-state index contributed by atoms with van der Waals surface area (Å²) in [4.78, 5) is 4.27. The van der Waals surface area contributed by atoms with E-state index in [0.29, 0.717) is 0 Å². The summed E-state index contributed by atoms with van der Waals surface area (Å²) in [5, 5.41) is 11.2. The summed E-state index contributed by atoms with van der Waals surface area (Å²) >= 11 is 0. The van der Waals surface area contributed by atoms with Crippen LogP contribution in [-0.4, -0.2) is 10.1 Å². The van der Waals surface area contributed by atoms with Crippen molar-refractivity contribution in [2.45, 2.75) is 26.4 Å². The second kappa shape index (κ2) is 4.62. The fourth-order valence-electron chi connectivity index (χ4n) is 1.83. The molecule has 2 atom stereocenters. The van der Waals surface area contributed by atoms with Gasteiger partial charge in [-0.1, -0.05) is 32.4 Å². The highest BCUT2D eigenvalue weighted by Crippen LogP contribution is 2.26. The van der Waals surface area contributed by atoms with Crippen LogP contribution in [0.3, 0.4) is 0 Å². The van der Waals surface area contributed by atoms with E-state index < -0.39 is 0 Å². The number of hydrogen-bond acceptors (Lipinski definition) is 2. The summed E-state index contributed by atoms with van der Waals surface area (Å²) < 4.78 is 0. The van der Waals surface area contributed by atoms with Crippen molar-refractivity contribution in [2.24, 2.45) is 5.92 Å². The Labute approximate surface area is 96.0 Å². The number of aliphatic hydroxyl groups excluding tert-OH is 1. The van der Waals surface area contributed by atoms with Crippen LogP contribution in [0.25, 0.3) is 10.9 Å². The monoisotopic (exact) mass is 215 g/mol. The number of aromatic nitrogens is 1. The normalized spacial score (nSPS) is 14.9. The molecule has 0 fully saturated rings. The molecule has 0 aliphatic heterocycles. The van der Waals surface area contributed by atoms with Gasteiger partial charge in [-0.15, -0.1) is 0 Å². The highest BCUT2D eigenvalue weighted by Gasteiger charge is 2.14. The zero-order chi connectivity index (χ0) is 11.5. The van der Waals surface area contributed by atoms with E-state index in [9.17, 15) is 5.11 Å². The summed E-state index contributed by atoms with van der Waals surface area (Å²) in [6.07, 6.45) is 2.38. The molecule has 2 heteroatoms. The first-order chi connectivity index (χ1) is 7.72. The highest BCUT2D eigenvalue weighted by molar-refractivity contribution is 5.79. The predicted octanol–water partition coefficient (Wildman–Crippen LogP) is 3.31. The van der Waals surface area contributed by atoms with Crippen LogP contribution in [0.5, 0.6) is 0 Å². The summed E-state index contributed by atoms with van der Waals surface area (Å²) in [6, 6.07) is 9.90. The molecule has 1 N–H and O–H groups in total. The maximum Gasteiger partial charge on any atom is 0.0815 e. The van der Waals surface area contributed by atoms with Gasteiger partial charge in [0.2, 0.25) is 0 Å². The Morgan fingerprint density at radius 2 is 2.12 bits per heavy atom. The Morgan fingerprint density at radius 3 is 2.88 bits per heavy atom. The van der Waals surface area contributed by atoms with E-state index in [0.717, 1.165) is 22.9 Å². The molecule has 0 aliphatic rings. The molecule has 2 unspecified atom stereocenters. The van der Waals surface area contributed by atoms with Gasteiger partial charge < -0.3 is 5.11 Å². The summed E-state index contributed by atoms with van der Waals surface area (Å²) in [5.41, 5.74) is 1.96. The molecule has 0 amide bonds. The van der Waals surface area contributed by atoms with Gasteiger partial charge in [-0.05, 0) is 29.7 Å². The lowest BCUT2D eigenvalue weighted by molar-refractivity contribution is 0.115. The average Bonchev–Trinajstić information content (AvgIpc) is 2.36. The van der Waals surface area contributed by atoms with Crippen LogP contribution in [-0.2, 0) is 0 Å². The van der Waals surface area contributed by atoms with Crippen molar-refractivity contribution in [3.63, 3.8) is 0 Å². The standard InChI is InChI=1S/C14H17NO/c1-3-10(2)14(16)12-6-7-13-11(9-12)5-4-8-15-13/h4-10,14,16H,3H2,1-2H3. The van der Waals surface area contributed by atoms with Crippen LogP contribution in [0.4, 0.5) is 0 Å². The Morgan fingerprint density at radius 1 is 1.31 bits per heavy atom. The minimum Gasteiger partial charge on any atom is -0.388 e. The molecule has 2 rings (SSSR count). The van der Waals surface area contributed by atoms with Gasteiger partial charge in [-0.25, -0.2) is 0 Å². The van der Waals surface area contributed by atoms with E-state index in [1.165, 1.54) is 0 Å². The molecule has 1 aromatic heterocycles. The van der Waals surface area contributed by atoms with Gasteiger partial charge in [0.05, 0.1) is 11.6 Å². The van der Waals surface area contributed by atoms with E-state index in [1.54, 1.807) is 6.20 Å². The molecule has 16 heavy (non-hydrogen) atoms. The van der Waals surface area contributed by atoms with Gasteiger partial charge in [0.15, 0.2) is 0 Å². The van der Waals surface area contributed by atoms with Crippen molar-refractivity contribution in [3.8, 4) is 0 Å². The Hall–Kier alpha value is -1.41. The maximum atomic E-state index is 10.1. The highest BCUT2D eigenvalue weighted by atomic mass is 16.3. The zero-order valence-corrected chi connectivity index (χ0v) is 9.72. The fraction of sp³-hybridized carbons (Fsp3) is 0.357. The number of aliphatic hydroxyl groups is 1. The second-order valence-electron chi connectivity index (χ2n) is 4.29. The molecule has 84 valence electrons. The number of hydrogen-bond donors (Lipinski definition) is 1. The van der Waals surface area contributed by atoms with Gasteiger partial charge in [-0.3, -0.25) is 4.98 Å². The van der Waals surface area contributed by atoms with E-state index in [-0.39, 0.29) is 12.0 Å². The van der Waals surface area contributed by atoms with E-state index in [2.05, 4.69) is 18.8 Å². The molecule has 0 saturated carbocycles. The van der Waals surface area contributed by atoms with Crippen molar-refractivity contribution >= 4 is 10.9 Å². The van der Waals surface area contributed by atoms with Crippen LogP contribution in [0, 0.1) is 5.92 Å². The Bertz CT molecular complexity index is 481. The lowest BCUT2D eigenvalue weighted by Crippen LogP contribution is -2.07. The third-order valence-corrected chi connectivity index (χ3v) is 3.15. The Balaban J connectivity index is 2.39. The van der Waals surface area contributed by atoms with E-state index >= 15 is 0 Å². The van der Waals surface area contributed by atoms with Crippen molar-refractivity contribution < 1.29 is 5.11 Å². The second-order valence-corrected chi connectivity index (χ2v) is 4.29. The number of benzene rings is 1. The van der Waals surface area contributed by atoms with Gasteiger partial charge >= 0.3 is 0 Å². The van der Waals surface area contributed by atoms with Crippen LogP contribution in [0.2, 0.25) is 0 Å². The first kappa shape index (κ1) is 11.1. The average molecular weight is 215 g/mol. The largest absolute Gasteiger partial charge is 0.388 e. The van der Waals surface area contributed by atoms with Gasteiger partial charge in [-0.2, -0.15) is 0 Å². The number of nitrogens with zero attached hydrogens (tertiary/aromatic N) is 1. The van der Waals surface area contributed by atoms with E-state index in [1.807, 2.05) is 30.3 Å². The first-order valence-corrected chi connectivity index (χ1v) is 5.75. The van der Waals surface area contributed by atoms with Gasteiger partial charge in [0.25, 0.3) is 0 Å². The smallest absolute Gasteiger partial charge is 0.0815 e. The zero-order valence-electron chi connectivity index (χ0n) is 9.72. The lowest BCUT2D eigenvalue weighted by Gasteiger charge is -2.17. The van der Waals surface area contributed by atoms with Crippen LogP contribution >= 0.6 is 0 Å². The maximum absolute atomic E-state index is 10.1. The molecule has 1 aromatic carbocycles. The fourth-order valence-corrected chi connectivity index (χ4v) is 1.83. The predicted molar refractivity (Wildman–Crippen MR) is 66.2 cm³/mol. The SMILES string of the molecule is CCC(C)C(O)c1ccc2ncccc2c1. The molecule has 1 heterocycles. The topological polar surface area (TPSA) is 33.1 Å². The lowest BCUT2D eigenvalue weighted by atomic mass is 9.94. The quantitative estimate of drug-likeness (QED) is 0.852. The number of pyridine rings is 1. The number of rotatable bonds is 3. The molecule has 0 spiro atoms. The minimum atomic E-state index is -0.380. The summed E-state index contributed by atoms with van der Waals surface area (Å²) in [7, 11) is 0. The minimum absolute atomic E-state index is 0.286. The van der Waals surface area contributed by atoms with Gasteiger partial charge in [0.1, 0.15) is 0 Å². The number of fused-ring (bicyclic) bond motifs is 1. The van der Waals surface area contributed by atoms with Crippen molar-refractivity contribution in [2.75, 3.05) is 0 Å². The summed E-state index contributed by atoms with van der Waals surface area (Å²) in [6.45, 7) is 4.16. The molecule has 0 bridgehead atoms. The van der Waals surface area contributed by atoms with Crippen molar-refractivity contribution in [1.29, 1.82) is 0 Å². The third-order valence-electron chi connectivity index (χ3n) is 3.15. The molecular weight excluding hydrogens is 198 g/mol. The van der Waals surface area contributed by atoms with Crippen LogP contribution < -0.4 is 0 Å². The Kier molecular flexibility index (Phi) is 3.20. The molecule has 2 nitrogen and oxygen atoms in total. The summed E-state index contributed by atoms with van der Waals surface area (Å²) in [5.74, 6) is 0.286. The van der Waals surface area contributed by atoms with E-state index in [4.69, 9.17) is 0 Å². The molecule has 0 aliphatic carbocycles. The van der Waals surface area contributed by atoms with Gasteiger partial charge in [0, 0.05) is 11.6 Å². The van der Waals surface area contributed by atoms with Crippen LogP contribution in [0.1, 0.15) is 31.9 Å².